The fourth-order valence-corrected chi connectivity index (χ4v) is 4.46. The van der Waals surface area contributed by atoms with Gasteiger partial charge in [-0.25, -0.2) is 4.98 Å². The van der Waals surface area contributed by atoms with E-state index in [-0.39, 0.29) is 5.95 Å². The van der Waals surface area contributed by atoms with Gasteiger partial charge >= 0.3 is 0 Å². The summed E-state index contributed by atoms with van der Waals surface area (Å²) >= 11 is 0. The van der Waals surface area contributed by atoms with Gasteiger partial charge in [-0.1, -0.05) is 42.5 Å². The molecule has 0 spiro atoms. The highest BCUT2D eigenvalue weighted by molar-refractivity contribution is 6.01. The number of anilines is 2. The van der Waals surface area contributed by atoms with Crippen LogP contribution in [0.15, 0.2) is 79.1 Å². The SMILES string of the molecule is CCn1cc(-c2cccc(OC)c2)c2c(OCc3ccccc3)cc(Cc3cnc(N)nc3N)cc21. The van der Waals surface area contributed by atoms with E-state index < -0.39 is 0 Å². The Bertz CT molecular complexity index is 1510. The van der Waals surface area contributed by atoms with Crippen LogP contribution in [0, 0.1) is 0 Å². The van der Waals surface area contributed by atoms with E-state index in [4.69, 9.17) is 20.9 Å². The Kier molecular flexibility index (Phi) is 6.45. The van der Waals surface area contributed by atoms with Crippen molar-refractivity contribution in [2.75, 3.05) is 18.6 Å². The molecule has 0 atom stereocenters. The monoisotopic (exact) mass is 479 g/mol. The highest BCUT2D eigenvalue weighted by Gasteiger charge is 2.18. The maximum atomic E-state index is 6.48. The van der Waals surface area contributed by atoms with Gasteiger partial charge in [0.05, 0.1) is 12.6 Å². The fourth-order valence-electron chi connectivity index (χ4n) is 4.46. The maximum absolute atomic E-state index is 6.48. The van der Waals surface area contributed by atoms with Crippen molar-refractivity contribution in [2.45, 2.75) is 26.5 Å². The van der Waals surface area contributed by atoms with Gasteiger partial charge in [0, 0.05) is 41.9 Å². The van der Waals surface area contributed by atoms with Crippen molar-refractivity contribution in [1.82, 2.24) is 14.5 Å². The molecule has 0 amide bonds. The molecule has 0 bridgehead atoms. The van der Waals surface area contributed by atoms with Crippen LogP contribution in [0.3, 0.4) is 0 Å². The molecule has 0 fully saturated rings. The van der Waals surface area contributed by atoms with Crippen molar-refractivity contribution in [2.24, 2.45) is 0 Å². The van der Waals surface area contributed by atoms with E-state index in [1.165, 1.54) is 0 Å². The van der Waals surface area contributed by atoms with E-state index >= 15 is 0 Å². The first-order valence-electron chi connectivity index (χ1n) is 11.9. The van der Waals surface area contributed by atoms with Crippen LogP contribution in [0.2, 0.25) is 0 Å². The van der Waals surface area contributed by atoms with Crippen molar-refractivity contribution in [3.05, 3.63) is 95.8 Å². The minimum absolute atomic E-state index is 0.168. The molecule has 3 aromatic carbocycles. The lowest BCUT2D eigenvalue weighted by Gasteiger charge is -2.14. The van der Waals surface area contributed by atoms with Gasteiger partial charge < -0.3 is 25.5 Å². The molecule has 5 rings (SSSR count). The molecule has 36 heavy (non-hydrogen) atoms. The zero-order valence-electron chi connectivity index (χ0n) is 20.4. The molecule has 0 aliphatic heterocycles. The Hall–Kier alpha value is -4.52. The van der Waals surface area contributed by atoms with Crippen LogP contribution in [-0.2, 0) is 19.6 Å². The molecule has 5 aromatic rings. The van der Waals surface area contributed by atoms with Gasteiger partial charge in [-0.2, -0.15) is 4.98 Å². The third-order valence-corrected chi connectivity index (χ3v) is 6.27. The van der Waals surface area contributed by atoms with Gasteiger partial charge in [0.15, 0.2) is 0 Å². The summed E-state index contributed by atoms with van der Waals surface area (Å²) < 4.78 is 14.2. The van der Waals surface area contributed by atoms with Crippen LogP contribution in [0.5, 0.6) is 11.5 Å². The number of benzene rings is 3. The molecule has 2 heterocycles. The summed E-state index contributed by atoms with van der Waals surface area (Å²) in [6.07, 6.45) is 4.43. The van der Waals surface area contributed by atoms with Crippen molar-refractivity contribution >= 4 is 22.7 Å². The number of ether oxygens (including phenoxy) is 2. The van der Waals surface area contributed by atoms with Gasteiger partial charge in [-0.3, -0.25) is 0 Å². The van der Waals surface area contributed by atoms with Gasteiger partial charge in [0.1, 0.15) is 23.9 Å². The predicted octanol–water partition coefficient (Wildman–Crippen LogP) is 5.46. The van der Waals surface area contributed by atoms with Crippen molar-refractivity contribution in [3.8, 4) is 22.6 Å². The lowest BCUT2D eigenvalue weighted by Crippen LogP contribution is -2.04. The Balaban J connectivity index is 1.65. The Labute approximate surface area is 210 Å². The zero-order chi connectivity index (χ0) is 25.1. The van der Waals surface area contributed by atoms with Crippen LogP contribution in [0.1, 0.15) is 23.6 Å². The Morgan fingerprint density at radius 2 is 1.78 bits per heavy atom. The molecule has 0 radical (unpaired) electrons. The molecule has 182 valence electrons. The number of rotatable bonds is 8. The highest BCUT2D eigenvalue weighted by atomic mass is 16.5. The molecular formula is C29H29N5O2. The number of fused-ring (bicyclic) bond motifs is 1. The maximum Gasteiger partial charge on any atom is 0.221 e. The lowest BCUT2D eigenvalue weighted by atomic mass is 10.00. The number of nitrogens with zero attached hydrogens (tertiary/aromatic N) is 3. The van der Waals surface area contributed by atoms with E-state index in [0.29, 0.717) is 18.8 Å². The summed E-state index contributed by atoms with van der Waals surface area (Å²) in [5.41, 5.74) is 18.1. The second kappa shape index (κ2) is 10.00. The van der Waals surface area contributed by atoms with Gasteiger partial charge in [-0.05, 0) is 47.9 Å². The summed E-state index contributed by atoms with van der Waals surface area (Å²) in [6.45, 7) is 3.41. The summed E-state index contributed by atoms with van der Waals surface area (Å²) in [7, 11) is 1.68. The quantitative estimate of drug-likeness (QED) is 0.306. The van der Waals surface area contributed by atoms with Crippen molar-refractivity contribution < 1.29 is 9.47 Å². The molecule has 0 saturated heterocycles. The summed E-state index contributed by atoms with van der Waals surface area (Å²) in [5.74, 6) is 2.18. The van der Waals surface area contributed by atoms with Crippen LogP contribution in [0.4, 0.5) is 11.8 Å². The van der Waals surface area contributed by atoms with E-state index in [0.717, 1.165) is 56.8 Å². The van der Waals surface area contributed by atoms with Crippen molar-refractivity contribution in [1.29, 1.82) is 0 Å². The van der Waals surface area contributed by atoms with Crippen LogP contribution in [-0.4, -0.2) is 21.6 Å². The first-order chi connectivity index (χ1) is 17.6. The summed E-state index contributed by atoms with van der Waals surface area (Å²) in [5, 5.41) is 1.06. The standard InChI is InChI=1S/C29H29N5O2/c1-3-34-17-24(21-10-7-11-23(15-21)35-2)27-25(34)13-20(12-22-16-32-29(31)33-28(22)30)14-26(27)36-18-19-8-5-4-6-9-19/h4-11,13-17H,3,12,18H2,1-2H3,(H4,30,31,32,33). The smallest absolute Gasteiger partial charge is 0.221 e. The second-order valence-corrected chi connectivity index (χ2v) is 8.64. The van der Waals surface area contributed by atoms with Crippen LogP contribution in [0.25, 0.3) is 22.0 Å². The van der Waals surface area contributed by atoms with Crippen LogP contribution < -0.4 is 20.9 Å². The highest BCUT2D eigenvalue weighted by Crippen LogP contribution is 2.40. The predicted molar refractivity (Wildman–Crippen MR) is 144 cm³/mol. The van der Waals surface area contributed by atoms with E-state index in [9.17, 15) is 0 Å². The Morgan fingerprint density at radius 1 is 0.944 bits per heavy atom. The topological polar surface area (TPSA) is 101 Å². The minimum Gasteiger partial charge on any atom is -0.497 e. The van der Waals surface area contributed by atoms with Gasteiger partial charge in [0.2, 0.25) is 5.95 Å². The number of hydrogen-bond acceptors (Lipinski definition) is 6. The number of hydrogen-bond donors (Lipinski definition) is 2. The largest absolute Gasteiger partial charge is 0.497 e. The van der Waals surface area contributed by atoms with E-state index in [1.54, 1.807) is 13.3 Å². The first kappa shape index (κ1) is 23.2. The summed E-state index contributed by atoms with van der Waals surface area (Å²) in [6, 6.07) is 22.5. The minimum atomic E-state index is 0.168. The number of methoxy groups -OCH3 is 1. The first-order valence-corrected chi connectivity index (χ1v) is 11.9. The van der Waals surface area contributed by atoms with E-state index in [1.807, 2.05) is 30.3 Å². The molecule has 0 unspecified atom stereocenters. The van der Waals surface area contributed by atoms with Gasteiger partial charge in [-0.15, -0.1) is 0 Å². The third kappa shape index (κ3) is 4.68. The second-order valence-electron chi connectivity index (χ2n) is 8.64. The Morgan fingerprint density at radius 3 is 2.53 bits per heavy atom. The molecule has 7 nitrogen and oxygen atoms in total. The molecule has 7 heteroatoms. The molecule has 4 N–H and O–H groups in total. The molecule has 0 aliphatic carbocycles. The zero-order valence-corrected chi connectivity index (χ0v) is 20.4. The number of aromatic nitrogens is 3. The van der Waals surface area contributed by atoms with E-state index in [2.05, 4.69) is 64.1 Å². The summed E-state index contributed by atoms with van der Waals surface area (Å²) in [4.78, 5) is 8.25. The molecule has 2 aromatic heterocycles. The number of nitrogens with two attached hydrogens (primary N) is 2. The molecule has 0 aliphatic rings. The van der Waals surface area contributed by atoms with Crippen LogP contribution >= 0.6 is 0 Å². The van der Waals surface area contributed by atoms with Gasteiger partial charge in [0.25, 0.3) is 0 Å². The average molecular weight is 480 g/mol. The molecule has 0 saturated carbocycles. The lowest BCUT2D eigenvalue weighted by molar-refractivity contribution is 0.310. The molecular weight excluding hydrogens is 450 g/mol. The number of aryl methyl sites for hydroxylation is 1. The fraction of sp³-hybridized carbons (Fsp3) is 0.172. The number of nitrogen functional groups attached to an aromatic ring is 2. The third-order valence-electron chi connectivity index (χ3n) is 6.27. The van der Waals surface area contributed by atoms with Crippen molar-refractivity contribution in [3.63, 3.8) is 0 Å². The normalized spacial score (nSPS) is 11.1. The average Bonchev–Trinajstić information content (AvgIpc) is 3.28.